The molecule has 6 nitrogen and oxygen atoms in total. The molecule has 0 radical (unpaired) electrons. The largest absolute Gasteiger partial charge is 0.391 e. The second kappa shape index (κ2) is 7.86. The first-order valence-corrected chi connectivity index (χ1v) is 8.75. The maximum absolute atomic E-state index is 12.5. The average molecular weight is 361 g/mol. The van der Waals surface area contributed by atoms with Crippen LogP contribution in [-0.2, 0) is 0 Å². The molecule has 2 aromatic heterocycles. The molecule has 0 saturated carbocycles. The lowest BCUT2D eigenvalue weighted by atomic mass is 10.1. The molecule has 27 heavy (non-hydrogen) atoms. The molecule has 0 aliphatic rings. The third-order valence-corrected chi connectivity index (χ3v) is 4.61. The molecule has 4 N–H and O–H groups in total. The maximum atomic E-state index is 12.5. The zero-order valence-corrected chi connectivity index (χ0v) is 15.7. The summed E-state index contributed by atoms with van der Waals surface area (Å²) in [6.45, 7) is 3.92. The van der Waals surface area contributed by atoms with Crippen molar-refractivity contribution in [2.75, 3.05) is 13.6 Å². The van der Waals surface area contributed by atoms with Gasteiger partial charge in [0.2, 0.25) is 0 Å². The van der Waals surface area contributed by atoms with Gasteiger partial charge in [0, 0.05) is 65.0 Å². The van der Waals surface area contributed by atoms with Crippen LogP contribution in [0, 0.1) is 5.41 Å². The highest BCUT2D eigenvalue weighted by atomic mass is 16.1. The number of aromatic nitrogens is 2. The molecular formula is C21H23N5O. The second-order valence-corrected chi connectivity index (χ2v) is 6.34. The number of benzene rings is 1. The molecular weight excluding hydrogens is 338 g/mol. The highest BCUT2D eigenvalue weighted by Gasteiger charge is 2.11. The summed E-state index contributed by atoms with van der Waals surface area (Å²) in [6, 6.07) is 11.3. The Balaban J connectivity index is 1.76. The van der Waals surface area contributed by atoms with Gasteiger partial charge in [-0.3, -0.25) is 9.78 Å². The van der Waals surface area contributed by atoms with E-state index in [0.717, 1.165) is 33.4 Å². The van der Waals surface area contributed by atoms with Crippen LogP contribution in [0.4, 0.5) is 0 Å². The van der Waals surface area contributed by atoms with Gasteiger partial charge in [-0.25, -0.2) is 0 Å². The molecule has 3 rings (SSSR count). The van der Waals surface area contributed by atoms with Gasteiger partial charge in [-0.05, 0) is 38.1 Å². The summed E-state index contributed by atoms with van der Waals surface area (Å²) < 4.78 is 0. The van der Waals surface area contributed by atoms with E-state index in [0.29, 0.717) is 17.8 Å². The number of nitrogens with one attached hydrogen (secondary N) is 4. The molecule has 2 heterocycles. The van der Waals surface area contributed by atoms with Crippen molar-refractivity contribution < 1.29 is 4.79 Å². The van der Waals surface area contributed by atoms with Crippen molar-refractivity contribution in [3.05, 3.63) is 65.6 Å². The van der Waals surface area contributed by atoms with E-state index in [1.54, 1.807) is 32.3 Å². The number of H-pyrrole nitrogens is 1. The van der Waals surface area contributed by atoms with Crippen molar-refractivity contribution in [2.45, 2.75) is 13.8 Å². The van der Waals surface area contributed by atoms with E-state index in [4.69, 9.17) is 5.41 Å². The Kier molecular flexibility index (Phi) is 5.35. The number of rotatable bonds is 6. The molecule has 0 fully saturated rings. The SMILES string of the molecule is CN/C(C)=C(/CNC(=O)c1ccc(-c2nccc3[nH]ccc23)cc1)C(C)=N. The predicted octanol–water partition coefficient (Wildman–Crippen LogP) is 3.49. The number of hydrogen-bond acceptors (Lipinski definition) is 4. The number of carbonyl (C=O) groups excluding carboxylic acids is 1. The normalized spacial score (nSPS) is 11.8. The van der Waals surface area contributed by atoms with Crippen molar-refractivity contribution in [1.82, 2.24) is 20.6 Å². The lowest BCUT2D eigenvalue weighted by molar-refractivity contribution is 0.0957. The Bertz CT molecular complexity index is 1010. The number of carbonyl (C=O) groups is 1. The molecule has 1 aromatic carbocycles. The number of fused-ring (bicyclic) bond motifs is 1. The van der Waals surface area contributed by atoms with Gasteiger partial charge < -0.3 is 21.0 Å². The molecule has 0 aliphatic heterocycles. The van der Waals surface area contributed by atoms with Gasteiger partial charge >= 0.3 is 0 Å². The van der Waals surface area contributed by atoms with Crippen LogP contribution in [0.15, 0.2) is 60.1 Å². The summed E-state index contributed by atoms with van der Waals surface area (Å²) in [5.74, 6) is -0.169. The highest BCUT2D eigenvalue weighted by molar-refractivity contribution is 5.99. The zero-order chi connectivity index (χ0) is 19.4. The Hall–Kier alpha value is -3.41. The molecule has 0 atom stereocenters. The number of nitrogens with zero attached hydrogens (tertiary/aromatic N) is 1. The molecule has 0 spiro atoms. The Morgan fingerprint density at radius 2 is 1.89 bits per heavy atom. The fourth-order valence-electron chi connectivity index (χ4n) is 2.96. The lowest BCUT2D eigenvalue weighted by Crippen LogP contribution is -2.29. The smallest absolute Gasteiger partial charge is 0.251 e. The number of aromatic amines is 1. The minimum atomic E-state index is -0.169. The van der Waals surface area contributed by atoms with E-state index in [-0.39, 0.29) is 5.91 Å². The Morgan fingerprint density at radius 3 is 2.56 bits per heavy atom. The van der Waals surface area contributed by atoms with Crippen LogP contribution in [0.5, 0.6) is 0 Å². The number of hydrogen-bond donors (Lipinski definition) is 4. The van der Waals surface area contributed by atoms with Crippen LogP contribution >= 0.6 is 0 Å². The first-order valence-electron chi connectivity index (χ1n) is 8.75. The molecule has 3 aromatic rings. The molecule has 0 aliphatic carbocycles. The standard InChI is InChI=1S/C21H23N5O/c1-13(22)18(14(2)23-3)12-26-21(27)16-6-4-15(5-7-16)20-17-8-10-24-19(17)9-11-25-20/h4-11,22-24H,12H2,1-3H3,(H,26,27)/b18-14-,22-13?. The van der Waals surface area contributed by atoms with Crippen LogP contribution in [-0.4, -0.2) is 35.2 Å². The fourth-order valence-corrected chi connectivity index (χ4v) is 2.96. The van der Waals surface area contributed by atoms with Crippen LogP contribution in [0.25, 0.3) is 22.2 Å². The van der Waals surface area contributed by atoms with Crippen LogP contribution in [0.2, 0.25) is 0 Å². The average Bonchev–Trinajstić information content (AvgIpc) is 3.16. The summed E-state index contributed by atoms with van der Waals surface area (Å²) in [5.41, 5.74) is 5.54. The topological polar surface area (TPSA) is 93.7 Å². The summed E-state index contributed by atoms with van der Waals surface area (Å²) >= 11 is 0. The minimum Gasteiger partial charge on any atom is -0.391 e. The van der Waals surface area contributed by atoms with Crippen LogP contribution < -0.4 is 10.6 Å². The van der Waals surface area contributed by atoms with Crippen molar-refractivity contribution in [3.8, 4) is 11.3 Å². The summed E-state index contributed by atoms with van der Waals surface area (Å²) in [5, 5.41) is 14.8. The summed E-state index contributed by atoms with van der Waals surface area (Å²) in [6.07, 6.45) is 3.66. The first-order chi connectivity index (χ1) is 13.0. The van der Waals surface area contributed by atoms with Gasteiger partial charge in [0.15, 0.2) is 0 Å². The van der Waals surface area contributed by atoms with E-state index in [1.807, 2.05) is 37.4 Å². The molecule has 6 heteroatoms. The Morgan fingerprint density at radius 1 is 1.15 bits per heavy atom. The minimum absolute atomic E-state index is 0.169. The molecule has 0 unspecified atom stereocenters. The van der Waals surface area contributed by atoms with Gasteiger partial charge in [0.1, 0.15) is 0 Å². The first kappa shape index (κ1) is 18.4. The van der Waals surface area contributed by atoms with E-state index in [1.165, 1.54) is 0 Å². The number of amides is 1. The van der Waals surface area contributed by atoms with Crippen molar-refractivity contribution in [3.63, 3.8) is 0 Å². The molecule has 138 valence electrons. The van der Waals surface area contributed by atoms with Gasteiger partial charge in [-0.15, -0.1) is 0 Å². The lowest BCUT2D eigenvalue weighted by Gasteiger charge is -2.12. The third-order valence-electron chi connectivity index (χ3n) is 4.61. The highest BCUT2D eigenvalue weighted by Crippen LogP contribution is 2.25. The van der Waals surface area contributed by atoms with Crippen LogP contribution in [0.3, 0.4) is 0 Å². The fraction of sp³-hybridized carbons (Fsp3) is 0.190. The maximum Gasteiger partial charge on any atom is 0.251 e. The summed E-state index contributed by atoms with van der Waals surface area (Å²) in [7, 11) is 1.80. The van der Waals surface area contributed by atoms with Crippen molar-refractivity contribution in [2.24, 2.45) is 0 Å². The van der Waals surface area contributed by atoms with Crippen molar-refractivity contribution >= 4 is 22.5 Å². The van der Waals surface area contributed by atoms with Gasteiger partial charge in [0.05, 0.1) is 5.69 Å². The van der Waals surface area contributed by atoms with Gasteiger partial charge in [-0.2, -0.15) is 0 Å². The number of pyridine rings is 1. The quantitative estimate of drug-likeness (QED) is 0.506. The third kappa shape index (κ3) is 3.89. The zero-order valence-electron chi connectivity index (χ0n) is 15.7. The monoisotopic (exact) mass is 361 g/mol. The predicted molar refractivity (Wildman–Crippen MR) is 109 cm³/mol. The van der Waals surface area contributed by atoms with Crippen LogP contribution in [0.1, 0.15) is 24.2 Å². The van der Waals surface area contributed by atoms with Crippen molar-refractivity contribution in [1.29, 1.82) is 5.41 Å². The Labute approximate surface area is 158 Å². The number of allylic oxidation sites excluding steroid dienone is 1. The van der Waals surface area contributed by atoms with Gasteiger partial charge in [-0.1, -0.05) is 12.1 Å². The molecule has 0 bridgehead atoms. The van der Waals surface area contributed by atoms with E-state index in [9.17, 15) is 4.79 Å². The summed E-state index contributed by atoms with van der Waals surface area (Å²) in [4.78, 5) is 20.1. The second-order valence-electron chi connectivity index (χ2n) is 6.34. The molecule has 0 saturated heterocycles. The van der Waals surface area contributed by atoms with Gasteiger partial charge in [0.25, 0.3) is 5.91 Å². The van der Waals surface area contributed by atoms with E-state index in [2.05, 4.69) is 20.6 Å². The molecule has 1 amide bonds. The van der Waals surface area contributed by atoms with E-state index >= 15 is 0 Å². The van der Waals surface area contributed by atoms with E-state index < -0.39 is 0 Å².